The lowest BCUT2D eigenvalue weighted by molar-refractivity contribution is -0.305. The van der Waals surface area contributed by atoms with Crippen molar-refractivity contribution >= 4 is 28.4 Å². The van der Waals surface area contributed by atoms with Crippen LogP contribution >= 0.6 is 0 Å². The van der Waals surface area contributed by atoms with Gasteiger partial charge >= 0.3 is 11.3 Å². The minimum absolute atomic E-state index is 0.359. The van der Waals surface area contributed by atoms with Gasteiger partial charge in [-0.05, 0) is 6.42 Å². The molecule has 1 heterocycles. The molecule has 0 amide bonds. The van der Waals surface area contributed by atoms with Gasteiger partial charge in [-0.2, -0.15) is 8.98 Å². The molecule has 92 valence electrons. The summed E-state index contributed by atoms with van der Waals surface area (Å²) < 4.78 is 4.84. The number of aliphatic carboxylic acids is 2. The van der Waals surface area contributed by atoms with Crippen LogP contribution in [0.25, 0.3) is 0 Å². The van der Waals surface area contributed by atoms with Crippen LogP contribution in [0, 0.1) is 0 Å². The highest BCUT2D eigenvalue weighted by Crippen LogP contribution is 2.10. The van der Waals surface area contributed by atoms with Crippen LogP contribution in [0.15, 0.2) is 0 Å². The smallest absolute Gasteiger partial charge is 0.550 e. The highest BCUT2D eigenvalue weighted by molar-refractivity contribution is 8.06. The summed E-state index contributed by atoms with van der Waals surface area (Å²) in [4.78, 5) is 29.2. The maximum absolute atomic E-state index is 10.1. The van der Waals surface area contributed by atoms with Gasteiger partial charge in [0.05, 0.1) is 6.42 Å². The first-order valence-corrected chi connectivity index (χ1v) is 5.74. The Kier molecular flexibility index (Phi) is 7.31. The lowest BCUT2D eigenvalue weighted by atomic mass is 10.3. The fraction of sp³-hybridized carbons (Fsp3) is 0.625. The van der Waals surface area contributed by atoms with Gasteiger partial charge in [-0.1, -0.05) is 0 Å². The van der Waals surface area contributed by atoms with Gasteiger partial charge in [0, 0.05) is 12.4 Å². The van der Waals surface area contributed by atoms with Gasteiger partial charge in [0.1, 0.15) is 6.61 Å². The fourth-order valence-corrected chi connectivity index (χ4v) is 1.85. The van der Waals surface area contributed by atoms with E-state index < -0.39 is 34.8 Å². The van der Waals surface area contributed by atoms with E-state index >= 15 is 0 Å². The molecule has 0 spiro atoms. The molecule has 1 rings (SSSR count). The van der Waals surface area contributed by atoms with E-state index in [9.17, 15) is 19.5 Å². The second-order valence-corrected chi connectivity index (χ2v) is 4.44. The van der Waals surface area contributed by atoms with Crippen LogP contribution in [0.5, 0.6) is 0 Å². The second-order valence-electron chi connectivity index (χ2n) is 2.76. The van der Waals surface area contributed by atoms with Crippen molar-refractivity contribution in [1.82, 2.24) is 0 Å². The largest absolute Gasteiger partial charge is 0.558 e. The van der Waals surface area contributed by atoms with E-state index in [1.165, 1.54) is 0 Å². The first kappa shape index (κ1) is 14.7. The Labute approximate surface area is 94.6 Å². The Morgan fingerprint density at radius 3 is 2.06 bits per heavy atom. The maximum atomic E-state index is 10.1. The number of carbonyl (C=O) groups excluding carboxylic acids is 1. The molecule has 0 saturated carbocycles. The van der Waals surface area contributed by atoms with Crippen LogP contribution in [0.3, 0.4) is 0 Å². The summed E-state index contributed by atoms with van der Waals surface area (Å²) in [6.45, 7) is 0.620. The van der Waals surface area contributed by atoms with Gasteiger partial charge in [0.2, 0.25) is 0 Å². The molecule has 0 aromatic heterocycles. The van der Waals surface area contributed by atoms with Crippen molar-refractivity contribution in [2.45, 2.75) is 19.3 Å². The Hall–Kier alpha value is -1.28. The van der Waals surface area contributed by atoms with Crippen LogP contribution in [-0.4, -0.2) is 39.8 Å². The van der Waals surface area contributed by atoms with E-state index in [2.05, 4.69) is 0 Å². The molecule has 1 unspecified atom stereocenters. The number of hydrogen-bond acceptors (Lipinski definition) is 5. The number of carboxylic acids is 2. The predicted molar refractivity (Wildman–Crippen MR) is 52.7 cm³/mol. The standard InChI is InChI=1S/C4H6O4.C4H6O3S/c5-3(6)1-2-4(7)8;5-4(6)8-3-1-2-7-8/h1-2H2,(H,5,6)(H,7,8);1-3H2. The fourth-order valence-electron chi connectivity index (χ4n) is 0.755. The number of carboxylic acid groups (broad SMARTS) is 3. The van der Waals surface area contributed by atoms with Crippen molar-refractivity contribution in [2.75, 3.05) is 12.4 Å². The normalized spacial score (nSPS) is 18.4. The topological polar surface area (TPSA) is 124 Å². The molecule has 7 nitrogen and oxygen atoms in total. The summed E-state index contributed by atoms with van der Waals surface area (Å²) in [6.07, 6.45) is 0.132. The zero-order valence-corrected chi connectivity index (χ0v) is 9.20. The van der Waals surface area contributed by atoms with Gasteiger partial charge < -0.3 is 20.1 Å². The Morgan fingerprint density at radius 2 is 1.88 bits per heavy atom. The summed E-state index contributed by atoms with van der Waals surface area (Å²) in [6, 6.07) is 0. The van der Waals surface area contributed by atoms with Crippen molar-refractivity contribution in [3.8, 4) is 0 Å². The van der Waals surface area contributed by atoms with Crippen molar-refractivity contribution in [3.05, 3.63) is 0 Å². The Bertz CT molecular complexity index is 245. The Morgan fingerprint density at radius 1 is 1.25 bits per heavy atom. The van der Waals surface area contributed by atoms with Gasteiger partial charge in [-0.15, -0.1) is 0 Å². The highest BCUT2D eigenvalue weighted by Gasteiger charge is 2.36. The summed E-state index contributed by atoms with van der Waals surface area (Å²) in [5.41, 5.74) is 0. The summed E-state index contributed by atoms with van der Waals surface area (Å²) in [5.74, 6) is -1.74. The van der Waals surface area contributed by atoms with Gasteiger partial charge in [0.15, 0.2) is 5.75 Å². The van der Waals surface area contributed by atoms with Crippen LogP contribution in [0.1, 0.15) is 19.3 Å². The molecular weight excluding hydrogens is 240 g/mol. The van der Waals surface area contributed by atoms with Gasteiger partial charge in [-0.3, -0.25) is 4.79 Å². The van der Waals surface area contributed by atoms with Crippen molar-refractivity contribution < 1.29 is 33.9 Å². The highest BCUT2D eigenvalue weighted by atomic mass is 32.2. The van der Waals surface area contributed by atoms with Crippen LogP contribution in [-0.2, 0) is 24.9 Å². The van der Waals surface area contributed by atoms with Crippen LogP contribution in [0.4, 0.5) is 4.79 Å². The third-order valence-electron chi connectivity index (χ3n) is 1.44. The van der Waals surface area contributed by atoms with E-state index in [0.717, 1.165) is 6.42 Å². The number of carbonyl (C=O) groups is 3. The average molecular weight is 252 g/mol. The summed E-state index contributed by atoms with van der Waals surface area (Å²) >= 11 is -0.762. The van der Waals surface area contributed by atoms with E-state index in [1.807, 2.05) is 0 Å². The van der Waals surface area contributed by atoms with E-state index in [4.69, 9.17) is 14.4 Å². The van der Waals surface area contributed by atoms with E-state index in [1.54, 1.807) is 0 Å². The molecule has 1 fully saturated rings. The number of rotatable bonds is 3. The van der Waals surface area contributed by atoms with Crippen molar-refractivity contribution in [2.24, 2.45) is 0 Å². The second kappa shape index (κ2) is 7.94. The zero-order valence-electron chi connectivity index (χ0n) is 8.38. The molecule has 2 N–H and O–H groups in total. The molecule has 1 aliphatic rings. The summed E-state index contributed by atoms with van der Waals surface area (Å²) in [7, 11) is 0. The SMILES string of the molecule is O=C(O)[S+]1CCCO1.O=C([O-])CCC(=O)O. The third kappa shape index (κ3) is 8.06. The predicted octanol–water partition coefficient (Wildman–Crippen LogP) is -0.781. The Balaban J connectivity index is 0.000000281. The lowest BCUT2D eigenvalue weighted by Crippen LogP contribution is -2.22. The molecule has 1 atom stereocenters. The first-order chi connectivity index (χ1) is 7.43. The molecule has 0 aromatic carbocycles. The maximum Gasteiger partial charge on any atom is 0.558 e. The lowest BCUT2D eigenvalue weighted by Gasteiger charge is -1.94. The molecule has 16 heavy (non-hydrogen) atoms. The molecule has 0 radical (unpaired) electrons. The monoisotopic (exact) mass is 252 g/mol. The first-order valence-electron chi connectivity index (χ1n) is 4.42. The van der Waals surface area contributed by atoms with E-state index in [0.29, 0.717) is 12.4 Å². The zero-order chi connectivity index (χ0) is 12.6. The molecule has 0 aliphatic carbocycles. The van der Waals surface area contributed by atoms with E-state index in [-0.39, 0.29) is 6.42 Å². The molecule has 0 bridgehead atoms. The molecular formula is C8H12O7S. The van der Waals surface area contributed by atoms with Crippen LogP contribution < -0.4 is 5.11 Å². The average Bonchev–Trinajstić information content (AvgIpc) is 2.68. The minimum atomic E-state index is -1.33. The quantitative estimate of drug-likeness (QED) is 0.631. The summed E-state index contributed by atoms with van der Waals surface area (Å²) in [5, 5.41) is 24.9. The van der Waals surface area contributed by atoms with Crippen LogP contribution in [0.2, 0.25) is 0 Å². The molecule has 1 saturated heterocycles. The molecule has 0 aromatic rings. The number of hydrogen-bond donors (Lipinski definition) is 2. The minimum Gasteiger partial charge on any atom is -0.550 e. The third-order valence-corrected chi connectivity index (χ3v) is 2.94. The van der Waals surface area contributed by atoms with Gasteiger partial charge in [-0.25, -0.2) is 0 Å². The molecule has 1 aliphatic heterocycles. The van der Waals surface area contributed by atoms with Gasteiger partial charge in [0.25, 0.3) is 11.2 Å². The molecule has 8 heteroatoms. The van der Waals surface area contributed by atoms with Crippen molar-refractivity contribution in [3.63, 3.8) is 0 Å². The van der Waals surface area contributed by atoms with Crippen molar-refractivity contribution in [1.29, 1.82) is 0 Å².